The van der Waals surface area contributed by atoms with Gasteiger partial charge >= 0.3 is 11.7 Å². The molecule has 0 atom stereocenters. The topological polar surface area (TPSA) is 96.2 Å². The van der Waals surface area contributed by atoms with Gasteiger partial charge in [0.05, 0.1) is 15.8 Å². The summed E-state index contributed by atoms with van der Waals surface area (Å²) in [6, 6.07) is 6.40. The number of nitro groups is 1. The van der Waals surface area contributed by atoms with Crippen LogP contribution in [0.5, 0.6) is 0 Å². The molecule has 2 rings (SSSR count). The van der Waals surface area contributed by atoms with E-state index in [0.29, 0.717) is 10.9 Å². The van der Waals surface area contributed by atoms with Crippen LogP contribution in [0.4, 0.5) is 5.69 Å². The molecular weight excluding hydrogens is 200 g/mol. The first-order valence-electron chi connectivity index (χ1n) is 4.09. The third-order valence-electron chi connectivity index (χ3n) is 2.08. The molecule has 15 heavy (non-hydrogen) atoms. The van der Waals surface area contributed by atoms with Gasteiger partial charge in [-0.1, -0.05) is 12.1 Å². The van der Waals surface area contributed by atoms with Crippen LogP contribution in [0.15, 0.2) is 24.3 Å². The SMILES string of the molecule is O=C(O)c1[nH]c2ccccc2c1[N+](=O)[O-]. The number of aromatic carboxylic acids is 1. The van der Waals surface area contributed by atoms with E-state index in [2.05, 4.69) is 4.98 Å². The van der Waals surface area contributed by atoms with E-state index in [4.69, 9.17) is 5.11 Å². The van der Waals surface area contributed by atoms with E-state index < -0.39 is 16.6 Å². The van der Waals surface area contributed by atoms with Crippen LogP contribution in [0.1, 0.15) is 10.5 Å². The number of H-pyrrole nitrogens is 1. The summed E-state index contributed by atoms with van der Waals surface area (Å²) in [5, 5.41) is 19.8. The number of benzene rings is 1. The Bertz CT molecular complexity index is 558. The molecule has 76 valence electrons. The first kappa shape index (κ1) is 9.20. The van der Waals surface area contributed by atoms with Crippen molar-refractivity contribution in [1.82, 2.24) is 4.98 Å². The molecule has 2 N–H and O–H groups in total. The monoisotopic (exact) mass is 206 g/mol. The Hall–Kier alpha value is -2.37. The number of carboxylic acids is 1. The van der Waals surface area contributed by atoms with Gasteiger partial charge in [0.1, 0.15) is 0 Å². The number of nitrogens with zero attached hydrogens (tertiary/aromatic N) is 1. The fraction of sp³-hybridized carbons (Fsp3) is 0. The summed E-state index contributed by atoms with van der Waals surface area (Å²) in [5.74, 6) is -1.34. The summed E-state index contributed by atoms with van der Waals surface area (Å²) in [6.45, 7) is 0. The van der Waals surface area contributed by atoms with Crippen molar-refractivity contribution in [3.05, 3.63) is 40.1 Å². The predicted octanol–water partition coefficient (Wildman–Crippen LogP) is 1.77. The molecule has 0 aliphatic heterocycles. The first-order valence-corrected chi connectivity index (χ1v) is 4.09. The van der Waals surface area contributed by atoms with E-state index in [-0.39, 0.29) is 5.69 Å². The standard InChI is InChI=1S/C9H6N2O4/c12-9(13)7-8(11(14)15)5-3-1-2-4-6(5)10-7/h1-4,10H,(H,12,13). The highest BCUT2D eigenvalue weighted by molar-refractivity contribution is 6.02. The Labute approximate surface area is 83.3 Å². The van der Waals surface area contributed by atoms with Gasteiger partial charge in [0, 0.05) is 0 Å². The lowest BCUT2D eigenvalue weighted by Gasteiger charge is -1.89. The van der Waals surface area contributed by atoms with E-state index in [9.17, 15) is 14.9 Å². The second kappa shape index (κ2) is 3.09. The number of para-hydroxylation sites is 1. The minimum absolute atomic E-state index is 0.305. The van der Waals surface area contributed by atoms with Crippen molar-refractivity contribution < 1.29 is 14.8 Å². The van der Waals surface area contributed by atoms with Gasteiger partial charge in [-0.3, -0.25) is 10.1 Å². The molecule has 0 radical (unpaired) electrons. The fourth-order valence-electron chi connectivity index (χ4n) is 1.47. The van der Waals surface area contributed by atoms with E-state index in [0.717, 1.165) is 0 Å². The highest BCUT2D eigenvalue weighted by Gasteiger charge is 2.25. The largest absolute Gasteiger partial charge is 0.476 e. The first-order chi connectivity index (χ1) is 7.11. The number of hydrogen-bond donors (Lipinski definition) is 2. The Balaban J connectivity index is 2.86. The molecule has 0 spiro atoms. The smallest absolute Gasteiger partial charge is 0.359 e. The third-order valence-corrected chi connectivity index (χ3v) is 2.08. The maximum Gasteiger partial charge on any atom is 0.359 e. The second-order valence-corrected chi connectivity index (χ2v) is 2.96. The summed E-state index contributed by atoms with van der Waals surface area (Å²) < 4.78 is 0. The molecular formula is C9H6N2O4. The van der Waals surface area contributed by atoms with Crippen LogP contribution >= 0.6 is 0 Å². The number of carboxylic acid groups (broad SMARTS) is 1. The molecule has 0 aliphatic rings. The number of hydrogen-bond acceptors (Lipinski definition) is 3. The zero-order chi connectivity index (χ0) is 11.0. The summed E-state index contributed by atoms with van der Waals surface area (Å²) in [5.41, 5.74) is -0.332. The number of rotatable bonds is 2. The van der Waals surface area contributed by atoms with Gasteiger partial charge in [0.25, 0.3) is 0 Å². The molecule has 6 heteroatoms. The predicted molar refractivity (Wildman–Crippen MR) is 51.9 cm³/mol. The molecule has 0 saturated heterocycles. The normalized spacial score (nSPS) is 10.4. The lowest BCUT2D eigenvalue weighted by Crippen LogP contribution is -2.01. The van der Waals surface area contributed by atoms with Gasteiger partial charge in [0.2, 0.25) is 5.69 Å². The molecule has 0 aliphatic carbocycles. The number of nitrogens with one attached hydrogen (secondary N) is 1. The summed E-state index contributed by atoms with van der Waals surface area (Å²) >= 11 is 0. The average molecular weight is 206 g/mol. The summed E-state index contributed by atoms with van der Waals surface area (Å²) in [7, 11) is 0. The number of fused-ring (bicyclic) bond motifs is 1. The lowest BCUT2D eigenvalue weighted by molar-refractivity contribution is -0.383. The third kappa shape index (κ3) is 1.32. The number of aromatic nitrogens is 1. The summed E-state index contributed by atoms with van der Waals surface area (Å²) in [6.07, 6.45) is 0. The molecule has 6 nitrogen and oxygen atoms in total. The van der Waals surface area contributed by atoms with E-state index in [1.54, 1.807) is 18.2 Å². The maximum absolute atomic E-state index is 10.8. The van der Waals surface area contributed by atoms with Crippen molar-refractivity contribution in [2.24, 2.45) is 0 Å². The van der Waals surface area contributed by atoms with Crippen molar-refractivity contribution in [3.8, 4) is 0 Å². The maximum atomic E-state index is 10.8. The Morgan fingerprint density at radius 1 is 1.40 bits per heavy atom. The fourth-order valence-corrected chi connectivity index (χ4v) is 1.47. The zero-order valence-electron chi connectivity index (χ0n) is 7.43. The van der Waals surface area contributed by atoms with Crippen LogP contribution in [-0.2, 0) is 0 Å². The van der Waals surface area contributed by atoms with E-state index in [1.807, 2.05) is 0 Å². The highest BCUT2D eigenvalue weighted by atomic mass is 16.6. The molecule has 1 aromatic carbocycles. The number of aromatic amines is 1. The Morgan fingerprint density at radius 2 is 2.07 bits per heavy atom. The molecule has 0 bridgehead atoms. The van der Waals surface area contributed by atoms with Crippen molar-refractivity contribution in [1.29, 1.82) is 0 Å². The van der Waals surface area contributed by atoms with Crippen LogP contribution in [0, 0.1) is 10.1 Å². The van der Waals surface area contributed by atoms with E-state index >= 15 is 0 Å². The average Bonchev–Trinajstić information content (AvgIpc) is 2.56. The van der Waals surface area contributed by atoms with Gasteiger partial charge in [0.15, 0.2) is 0 Å². The molecule has 0 amide bonds. The van der Waals surface area contributed by atoms with Crippen LogP contribution in [0.2, 0.25) is 0 Å². The van der Waals surface area contributed by atoms with Gasteiger partial charge in [-0.05, 0) is 12.1 Å². The molecule has 1 aromatic heterocycles. The van der Waals surface area contributed by atoms with Crippen molar-refractivity contribution in [3.63, 3.8) is 0 Å². The minimum atomic E-state index is -1.34. The van der Waals surface area contributed by atoms with Gasteiger partial charge in [-0.25, -0.2) is 4.79 Å². The van der Waals surface area contributed by atoms with Crippen LogP contribution in [0.25, 0.3) is 10.9 Å². The van der Waals surface area contributed by atoms with Crippen LogP contribution in [-0.4, -0.2) is 21.0 Å². The molecule has 0 saturated carbocycles. The zero-order valence-corrected chi connectivity index (χ0v) is 7.43. The van der Waals surface area contributed by atoms with Gasteiger partial charge < -0.3 is 10.1 Å². The molecule has 0 unspecified atom stereocenters. The quantitative estimate of drug-likeness (QED) is 0.578. The highest BCUT2D eigenvalue weighted by Crippen LogP contribution is 2.29. The van der Waals surface area contributed by atoms with Gasteiger partial charge in [-0.15, -0.1) is 0 Å². The van der Waals surface area contributed by atoms with Crippen LogP contribution in [0.3, 0.4) is 0 Å². The van der Waals surface area contributed by atoms with Crippen molar-refractivity contribution in [2.75, 3.05) is 0 Å². The van der Waals surface area contributed by atoms with Crippen molar-refractivity contribution >= 4 is 22.6 Å². The summed E-state index contributed by atoms with van der Waals surface area (Å²) in [4.78, 5) is 23.3. The van der Waals surface area contributed by atoms with Crippen molar-refractivity contribution in [2.45, 2.75) is 0 Å². The lowest BCUT2D eigenvalue weighted by atomic mass is 10.2. The molecule has 2 aromatic rings. The Morgan fingerprint density at radius 3 is 2.67 bits per heavy atom. The van der Waals surface area contributed by atoms with E-state index in [1.165, 1.54) is 6.07 Å². The molecule has 1 heterocycles. The Kier molecular flexibility index (Phi) is 1.89. The second-order valence-electron chi connectivity index (χ2n) is 2.96. The molecule has 0 fully saturated rings. The van der Waals surface area contributed by atoms with Crippen LogP contribution < -0.4 is 0 Å². The van der Waals surface area contributed by atoms with Gasteiger partial charge in [-0.2, -0.15) is 0 Å². The minimum Gasteiger partial charge on any atom is -0.476 e. The number of carbonyl (C=O) groups is 1.